The second kappa shape index (κ2) is 19.9. The summed E-state index contributed by atoms with van der Waals surface area (Å²) in [4.78, 5) is 35.6. The molecule has 1 aromatic heterocycles. The Hall–Kier alpha value is -6.63. The minimum atomic E-state index is -4.56. The van der Waals surface area contributed by atoms with E-state index in [-0.39, 0.29) is 49.8 Å². The zero-order chi connectivity index (χ0) is 43.5. The molecule has 0 N–H and O–H groups in total. The largest absolute Gasteiger partial charge is 0.488 e. The van der Waals surface area contributed by atoms with Crippen molar-refractivity contribution in [1.82, 2.24) is 4.57 Å². The number of ketones is 2. The maximum absolute atomic E-state index is 13.6. The van der Waals surface area contributed by atoms with Gasteiger partial charge >= 0.3 is 18.3 Å². The third-order valence-corrected chi connectivity index (χ3v) is 9.06. The van der Waals surface area contributed by atoms with Crippen LogP contribution >= 0.6 is 0 Å². The monoisotopic (exact) mass is 829 g/mol. The molecule has 0 aliphatic heterocycles. The lowest BCUT2D eigenvalue weighted by molar-refractivity contribution is -0.138. The van der Waals surface area contributed by atoms with E-state index in [1.807, 2.05) is 61.5 Å². The Morgan fingerprint density at radius 1 is 0.617 bits per heavy atom. The Bertz CT molecular complexity index is 2410. The van der Waals surface area contributed by atoms with Crippen LogP contribution in [0.15, 0.2) is 133 Å². The molecule has 13 heteroatoms. The molecule has 1 heterocycles. The number of aryl methyl sites for hydroxylation is 1. The number of nitrogens with zero attached hydrogens (tertiary/aromatic N) is 1. The highest BCUT2D eigenvalue weighted by atomic mass is 19.4. The molecule has 0 saturated heterocycles. The molecule has 5 aromatic carbocycles. The van der Waals surface area contributed by atoms with E-state index in [0.717, 1.165) is 47.2 Å². The standard InChI is InChI=1S/C28H24F3NO3.C19H17F3O3/c1-3-34-27(33)21-10-7-11-23(16-21)32-19(2)12-14-25(32)24-17-22(28(29,30)31)13-15-26(24)35-18-20-8-5-4-6-9-20;1-13(23)7-9-17(24)16-11-15(19(20,21)22)8-10-18(16)25-12-14-5-3-2-4-6-14/h4-17H,3,18H2,1-2H3;2-6,8,10-11H,7,9,12H2,1H3. The first-order valence-corrected chi connectivity index (χ1v) is 18.8. The normalized spacial score (nSPS) is 11.3. The Morgan fingerprint density at radius 2 is 1.18 bits per heavy atom. The van der Waals surface area contributed by atoms with Crippen molar-refractivity contribution in [3.05, 3.63) is 173 Å². The van der Waals surface area contributed by atoms with Gasteiger partial charge in [0.2, 0.25) is 0 Å². The Kier molecular flexibility index (Phi) is 14.7. The Balaban J connectivity index is 0.000000241. The number of Topliss-reactive ketones (excluding diaryl/α,β-unsaturated/α-hetero) is 2. The summed E-state index contributed by atoms with van der Waals surface area (Å²) in [5.74, 6) is -0.823. The van der Waals surface area contributed by atoms with Gasteiger partial charge in [0, 0.05) is 29.8 Å². The third-order valence-electron chi connectivity index (χ3n) is 9.06. The van der Waals surface area contributed by atoms with Crippen molar-refractivity contribution in [3.63, 3.8) is 0 Å². The van der Waals surface area contributed by atoms with Crippen LogP contribution in [-0.4, -0.2) is 28.7 Å². The van der Waals surface area contributed by atoms with Gasteiger partial charge in [-0.25, -0.2) is 4.79 Å². The number of halogens is 6. The SMILES string of the molecule is CC(=O)CCC(=O)c1cc(C(F)(F)F)ccc1OCc1ccccc1.CCOC(=O)c1cccc(-n2c(C)ccc2-c2cc(C(F)(F)F)ccc2OCc2ccccc2)c1. The molecular weight excluding hydrogens is 789 g/mol. The van der Waals surface area contributed by atoms with Crippen LogP contribution in [-0.2, 0) is 35.1 Å². The van der Waals surface area contributed by atoms with Crippen LogP contribution in [0.2, 0.25) is 0 Å². The molecule has 0 bridgehead atoms. The molecule has 0 aliphatic carbocycles. The molecular formula is C47H41F6NO6. The third kappa shape index (κ3) is 12.0. The van der Waals surface area contributed by atoms with Crippen LogP contribution in [0.4, 0.5) is 26.3 Å². The summed E-state index contributed by atoms with van der Waals surface area (Å²) in [6.07, 6.45) is -9.25. The van der Waals surface area contributed by atoms with E-state index >= 15 is 0 Å². The maximum Gasteiger partial charge on any atom is 0.416 e. The Morgan fingerprint density at radius 3 is 1.75 bits per heavy atom. The van der Waals surface area contributed by atoms with E-state index in [1.54, 1.807) is 54.0 Å². The molecule has 0 fully saturated rings. The lowest BCUT2D eigenvalue weighted by Crippen LogP contribution is -2.10. The number of benzene rings is 5. The number of carbonyl (C=O) groups is 3. The molecule has 0 atom stereocenters. The molecule has 0 amide bonds. The maximum atomic E-state index is 13.6. The summed E-state index contributed by atoms with van der Waals surface area (Å²) < 4.78 is 98.0. The smallest absolute Gasteiger partial charge is 0.416 e. The van der Waals surface area contributed by atoms with E-state index in [9.17, 15) is 40.7 Å². The van der Waals surface area contributed by atoms with Gasteiger partial charge < -0.3 is 23.6 Å². The fraction of sp³-hybridized carbons (Fsp3) is 0.213. The fourth-order valence-electron chi connectivity index (χ4n) is 6.06. The minimum absolute atomic E-state index is 0.0206. The van der Waals surface area contributed by atoms with Crippen molar-refractivity contribution < 1.29 is 54.9 Å². The average Bonchev–Trinajstić information content (AvgIpc) is 3.62. The van der Waals surface area contributed by atoms with E-state index < -0.39 is 35.2 Å². The van der Waals surface area contributed by atoms with Crippen LogP contribution in [0.3, 0.4) is 0 Å². The first kappa shape index (κ1) is 44.5. The van der Waals surface area contributed by atoms with Crippen LogP contribution < -0.4 is 9.47 Å². The second-order valence-corrected chi connectivity index (χ2v) is 13.6. The predicted molar refractivity (Wildman–Crippen MR) is 214 cm³/mol. The Labute approximate surface area is 343 Å². The van der Waals surface area contributed by atoms with Gasteiger partial charge in [-0.2, -0.15) is 26.3 Å². The van der Waals surface area contributed by atoms with Crippen molar-refractivity contribution in [1.29, 1.82) is 0 Å². The van der Waals surface area contributed by atoms with E-state index in [1.165, 1.54) is 13.0 Å². The number of alkyl halides is 6. The van der Waals surface area contributed by atoms with Crippen LogP contribution in [0.5, 0.6) is 11.5 Å². The first-order chi connectivity index (χ1) is 28.5. The highest BCUT2D eigenvalue weighted by Gasteiger charge is 2.33. The van der Waals surface area contributed by atoms with Gasteiger partial charge in [-0.1, -0.05) is 66.7 Å². The summed E-state index contributed by atoms with van der Waals surface area (Å²) >= 11 is 0. The van der Waals surface area contributed by atoms with Crippen molar-refractivity contribution in [2.45, 2.75) is 59.2 Å². The molecule has 0 saturated carbocycles. The molecule has 312 valence electrons. The first-order valence-electron chi connectivity index (χ1n) is 18.8. The number of ether oxygens (including phenoxy) is 3. The summed E-state index contributed by atoms with van der Waals surface area (Å²) in [7, 11) is 0. The van der Waals surface area contributed by atoms with Gasteiger partial charge in [-0.15, -0.1) is 0 Å². The molecule has 6 aromatic rings. The zero-order valence-corrected chi connectivity index (χ0v) is 32.9. The molecule has 7 nitrogen and oxygen atoms in total. The molecule has 0 unspecified atom stereocenters. The predicted octanol–water partition coefficient (Wildman–Crippen LogP) is 12.1. The zero-order valence-electron chi connectivity index (χ0n) is 32.9. The summed E-state index contributed by atoms with van der Waals surface area (Å²) in [6.45, 7) is 5.46. The van der Waals surface area contributed by atoms with E-state index in [0.29, 0.717) is 28.3 Å². The van der Waals surface area contributed by atoms with E-state index in [2.05, 4.69) is 0 Å². The number of aromatic nitrogens is 1. The molecule has 0 radical (unpaired) electrons. The summed E-state index contributed by atoms with van der Waals surface area (Å²) in [6, 6.07) is 35.1. The number of rotatable bonds is 14. The van der Waals surface area contributed by atoms with Gasteiger partial charge in [0.15, 0.2) is 5.78 Å². The average molecular weight is 830 g/mol. The topological polar surface area (TPSA) is 83.8 Å². The number of hydrogen-bond acceptors (Lipinski definition) is 6. The molecule has 0 aliphatic rings. The van der Waals surface area contributed by atoms with Gasteiger partial charge in [0.1, 0.15) is 30.5 Å². The second-order valence-electron chi connectivity index (χ2n) is 13.6. The van der Waals surface area contributed by atoms with Crippen LogP contribution in [0.1, 0.15) is 75.4 Å². The molecule has 60 heavy (non-hydrogen) atoms. The lowest BCUT2D eigenvalue weighted by atomic mass is 10.0. The highest BCUT2D eigenvalue weighted by molar-refractivity contribution is 6.00. The molecule has 0 spiro atoms. The van der Waals surface area contributed by atoms with E-state index in [4.69, 9.17) is 14.2 Å². The lowest BCUT2D eigenvalue weighted by Gasteiger charge is -2.18. The van der Waals surface area contributed by atoms with Gasteiger partial charge in [0.05, 0.1) is 34.6 Å². The van der Waals surface area contributed by atoms with Gasteiger partial charge in [0.25, 0.3) is 0 Å². The van der Waals surface area contributed by atoms with Crippen LogP contribution in [0.25, 0.3) is 16.9 Å². The van der Waals surface area contributed by atoms with Crippen molar-refractivity contribution in [2.75, 3.05) is 6.61 Å². The summed E-state index contributed by atoms with van der Waals surface area (Å²) in [5, 5.41) is 0. The fourth-order valence-corrected chi connectivity index (χ4v) is 6.06. The number of carbonyl (C=O) groups excluding carboxylic acids is 3. The quantitative estimate of drug-likeness (QED) is 0.0618. The number of esters is 1. The summed E-state index contributed by atoms with van der Waals surface area (Å²) in [5.41, 5.74) is 2.43. The van der Waals surface area contributed by atoms with Gasteiger partial charge in [-0.05, 0) is 98.6 Å². The van der Waals surface area contributed by atoms with Crippen molar-refractivity contribution >= 4 is 17.5 Å². The number of hydrogen-bond donors (Lipinski definition) is 0. The van der Waals surface area contributed by atoms with Crippen molar-refractivity contribution in [2.24, 2.45) is 0 Å². The van der Waals surface area contributed by atoms with Crippen LogP contribution in [0, 0.1) is 6.92 Å². The minimum Gasteiger partial charge on any atom is -0.488 e. The van der Waals surface area contributed by atoms with Gasteiger partial charge in [-0.3, -0.25) is 4.79 Å². The van der Waals surface area contributed by atoms with Crippen molar-refractivity contribution in [3.8, 4) is 28.4 Å². The highest BCUT2D eigenvalue weighted by Crippen LogP contribution is 2.39. The molecule has 6 rings (SSSR count).